The lowest BCUT2D eigenvalue weighted by Crippen LogP contribution is -2.50. The van der Waals surface area contributed by atoms with Crippen molar-refractivity contribution >= 4 is 0 Å². The summed E-state index contributed by atoms with van der Waals surface area (Å²) < 4.78 is 14.2. The van der Waals surface area contributed by atoms with Gasteiger partial charge in [0.25, 0.3) is 0 Å². The number of hydrogen-bond donors (Lipinski definition) is 1. The van der Waals surface area contributed by atoms with E-state index in [2.05, 4.69) is 0 Å². The maximum Gasteiger partial charge on any atom is 0.120 e. The Kier molecular flexibility index (Phi) is 2.96. The molecule has 0 rings (SSSR count). The van der Waals surface area contributed by atoms with Gasteiger partial charge in [-0.15, -0.1) is 0 Å². The van der Waals surface area contributed by atoms with Gasteiger partial charge in [-0.3, -0.25) is 0 Å². The van der Waals surface area contributed by atoms with Gasteiger partial charge < -0.3 is 5.11 Å². The molecule has 0 aliphatic rings. The molecule has 0 heterocycles. The van der Waals surface area contributed by atoms with Gasteiger partial charge in [0.1, 0.15) is 5.67 Å². The van der Waals surface area contributed by atoms with Gasteiger partial charge in [0, 0.05) is 5.41 Å². The third-order valence-corrected chi connectivity index (χ3v) is 3.07. The van der Waals surface area contributed by atoms with Crippen molar-refractivity contribution in [3.05, 3.63) is 0 Å². The van der Waals surface area contributed by atoms with Crippen molar-refractivity contribution < 1.29 is 9.50 Å². The minimum Gasteiger partial charge on any atom is -0.396 e. The Morgan fingerprint density at radius 3 is 1.42 bits per heavy atom. The van der Waals surface area contributed by atoms with Crippen LogP contribution in [0.5, 0.6) is 0 Å². The van der Waals surface area contributed by atoms with Crippen molar-refractivity contribution in [2.24, 2.45) is 10.8 Å². The first-order chi connectivity index (χ1) is 5.06. The van der Waals surface area contributed by atoms with Crippen molar-refractivity contribution in [2.75, 3.05) is 6.61 Å². The van der Waals surface area contributed by atoms with Crippen LogP contribution in [0, 0.1) is 10.8 Å². The monoisotopic (exact) mass is 176 g/mol. The molecular weight excluding hydrogens is 155 g/mol. The van der Waals surface area contributed by atoms with Gasteiger partial charge in [0.05, 0.1) is 6.61 Å². The summed E-state index contributed by atoms with van der Waals surface area (Å²) in [6.45, 7) is 10.5. The van der Waals surface area contributed by atoms with E-state index in [0.29, 0.717) is 0 Å². The molecule has 0 spiro atoms. The van der Waals surface area contributed by atoms with Gasteiger partial charge in [-0.05, 0) is 12.3 Å². The summed E-state index contributed by atoms with van der Waals surface area (Å²) in [6.07, 6.45) is 0. The minimum atomic E-state index is -1.37. The maximum absolute atomic E-state index is 14.2. The van der Waals surface area contributed by atoms with Crippen molar-refractivity contribution in [3.63, 3.8) is 0 Å². The van der Waals surface area contributed by atoms with Gasteiger partial charge in [0.15, 0.2) is 0 Å². The molecule has 0 fully saturated rings. The Morgan fingerprint density at radius 2 is 1.33 bits per heavy atom. The topological polar surface area (TPSA) is 20.2 Å². The molecule has 0 radical (unpaired) electrons. The van der Waals surface area contributed by atoms with Gasteiger partial charge in [-0.1, -0.05) is 34.6 Å². The van der Waals surface area contributed by atoms with Crippen LogP contribution in [-0.2, 0) is 0 Å². The van der Waals surface area contributed by atoms with Crippen molar-refractivity contribution in [1.29, 1.82) is 0 Å². The first-order valence-corrected chi connectivity index (χ1v) is 4.36. The fourth-order valence-corrected chi connectivity index (χ4v) is 1.16. The van der Waals surface area contributed by atoms with Crippen LogP contribution in [0.25, 0.3) is 0 Å². The molecule has 1 unspecified atom stereocenters. The third kappa shape index (κ3) is 1.79. The van der Waals surface area contributed by atoms with Gasteiger partial charge >= 0.3 is 0 Å². The number of hydrogen-bond acceptors (Lipinski definition) is 1. The smallest absolute Gasteiger partial charge is 0.120 e. The molecule has 1 N–H and O–H groups in total. The number of rotatable bonds is 2. The second kappa shape index (κ2) is 2.99. The lowest BCUT2D eigenvalue weighted by atomic mass is 9.64. The SMILES string of the molecule is CC(C)(C)C(C)(F)C(C)(C)CO. The largest absolute Gasteiger partial charge is 0.396 e. The van der Waals surface area contributed by atoms with Crippen molar-refractivity contribution in [1.82, 2.24) is 0 Å². The zero-order valence-electron chi connectivity index (χ0n) is 9.03. The molecule has 0 aromatic heterocycles. The van der Waals surface area contributed by atoms with Crippen LogP contribution in [0.15, 0.2) is 0 Å². The molecule has 0 saturated heterocycles. The predicted molar refractivity (Wildman–Crippen MR) is 49.8 cm³/mol. The first-order valence-electron chi connectivity index (χ1n) is 4.36. The van der Waals surface area contributed by atoms with E-state index in [-0.39, 0.29) is 6.61 Å². The zero-order valence-corrected chi connectivity index (χ0v) is 9.03. The highest BCUT2D eigenvalue weighted by atomic mass is 19.1. The molecular formula is C10H21FO. The summed E-state index contributed by atoms with van der Waals surface area (Å²) in [5.41, 5.74) is -2.50. The minimum absolute atomic E-state index is 0.128. The lowest BCUT2D eigenvalue weighted by Gasteiger charge is -2.45. The van der Waals surface area contributed by atoms with E-state index >= 15 is 0 Å². The third-order valence-electron chi connectivity index (χ3n) is 3.07. The van der Waals surface area contributed by atoms with Crippen LogP contribution in [0.4, 0.5) is 4.39 Å². The van der Waals surface area contributed by atoms with E-state index in [1.165, 1.54) is 0 Å². The molecule has 0 saturated carbocycles. The van der Waals surface area contributed by atoms with E-state index in [0.717, 1.165) is 0 Å². The molecule has 0 aromatic rings. The van der Waals surface area contributed by atoms with Gasteiger partial charge in [-0.25, -0.2) is 4.39 Å². The average Bonchev–Trinajstić information content (AvgIpc) is 1.85. The van der Waals surface area contributed by atoms with Crippen LogP contribution in [-0.4, -0.2) is 17.4 Å². The Balaban J connectivity index is 4.85. The summed E-state index contributed by atoms with van der Waals surface area (Å²) in [7, 11) is 0. The molecule has 74 valence electrons. The molecule has 0 aromatic carbocycles. The van der Waals surface area contributed by atoms with E-state index in [1.54, 1.807) is 20.8 Å². The summed E-state index contributed by atoms with van der Waals surface area (Å²) in [5.74, 6) is 0. The molecule has 0 aliphatic heterocycles. The molecule has 12 heavy (non-hydrogen) atoms. The maximum atomic E-state index is 14.2. The fraction of sp³-hybridized carbons (Fsp3) is 1.00. The molecule has 1 atom stereocenters. The Morgan fingerprint density at radius 1 is 1.00 bits per heavy atom. The van der Waals surface area contributed by atoms with E-state index in [9.17, 15) is 4.39 Å². The van der Waals surface area contributed by atoms with Crippen molar-refractivity contribution in [2.45, 2.75) is 47.2 Å². The quantitative estimate of drug-likeness (QED) is 0.686. The second-order valence-electron chi connectivity index (χ2n) is 5.29. The van der Waals surface area contributed by atoms with Crippen LogP contribution >= 0.6 is 0 Å². The Hall–Kier alpha value is -0.110. The highest BCUT2D eigenvalue weighted by Crippen LogP contribution is 2.46. The predicted octanol–water partition coefficient (Wildman–Crippen LogP) is 2.78. The Bertz CT molecular complexity index is 154. The molecule has 0 bridgehead atoms. The molecule has 0 amide bonds. The highest BCUT2D eigenvalue weighted by molar-refractivity contribution is 4.98. The summed E-state index contributed by atoms with van der Waals surface area (Å²) in [5, 5.41) is 9.05. The highest BCUT2D eigenvalue weighted by Gasteiger charge is 2.49. The van der Waals surface area contributed by atoms with Gasteiger partial charge in [0.2, 0.25) is 0 Å². The van der Waals surface area contributed by atoms with Crippen LogP contribution in [0.2, 0.25) is 0 Å². The van der Waals surface area contributed by atoms with Crippen LogP contribution < -0.4 is 0 Å². The lowest BCUT2D eigenvalue weighted by molar-refractivity contribution is -0.0836. The van der Waals surface area contributed by atoms with Crippen LogP contribution in [0.3, 0.4) is 0 Å². The fourth-order valence-electron chi connectivity index (χ4n) is 1.16. The zero-order chi connectivity index (χ0) is 10.2. The number of aliphatic hydroxyl groups excluding tert-OH is 1. The summed E-state index contributed by atoms with van der Waals surface area (Å²) in [4.78, 5) is 0. The number of alkyl halides is 1. The van der Waals surface area contributed by atoms with Gasteiger partial charge in [-0.2, -0.15) is 0 Å². The van der Waals surface area contributed by atoms with E-state index in [4.69, 9.17) is 5.11 Å². The summed E-state index contributed by atoms with van der Waals surface area (Å²) in [6, 6.07) is 0. The first kappa shape index (κ1) is 11.9. The molecule has 1 nitrogen and oxygen atoms in total. The van der Waals surface area contributed by atoms with E-state index < -0.39 is 16.5 Å². The molecule has 0 aliphatic carbocycles. The van der Waals surface area contributed by atoms with Crippen LogP contribution in [0.1, 0.15) is 41.5 Å². The molecule has 2 heteroatoms. The second-order valence-corrected chi connectivity index (χ2v) is 5.29. The number of halogens is 1. The normalized spacial score (nSPS) is 19.0. The number of aliphatic hydroxyl groups is 1. The standard InChI is InChI=1S/C10H21FO/c1-8(2,3)10(6,11)9(4,5)7-12/h12H,7H2,1-6H3. The van der Waals surface area contributed by atoms with E-state index in [1.807, 2.05) is 20.8 Å². The van der Waals surface area contributed by atoms with Crippen molar-refractivity contribution in [3.8, 4) is 0 Å². The Labute approximate surface area is 75.0 Å². The summed E-state index contributed by atoms with van der Waals surface area (Å²) >= 11 is 0. The average molecular weight is 176 g/mol.